The van der Waals surface area contributed by atoms with Gasteiger partial charge >= 0.3 is 0 Å². The van der Waals surface area contributed by atoms with Gasteiger partial charge in [0.25, 0.3) is 0 Å². The molecule has 0 atom stereocenters. The monoisotopic (exact) mass is 375 g/mol. The number of hydrogen-bond donors (Lipinski definition) is 1. The van der Waals surface area contributed by atoms with Crippen LogP contribution in [0.4, 0.5) is 11.5 Å². The van der Waals surface area contributed by atoms with Gasteiger partial charge in [0.2, 0.25) is 0 Å². The normalized spacial score (nSPS) is 10.9. The molecule has 136 valence electrons. The summed E-state index contributed by atoms with van der Waals surface area (Å²) in [5.41, 5.74) is 5.80. The molecule has 0 saturated carbocycles. The zero-order valence-electron chi connectivity index (χ0n) is 15.6. The van der Waals surface area contributed by atoms with Crippen molar-refractivity contribution in [3.8, 4) is 16.9 Å². The van der Waals surface area contributed by atoms with Crippen LogP contribution in [0.1, 0.15) is 18.1 Å². The third-order valence-electron chi connectivity index (χ3n) is 4.70. The number of aromatic nitrogens is 2. The highest BCUT2D eigenvalue weighted by atomic mass is 32.1. The van der Waals surface area contributed by atoms with Crippen LogP contribution < -0.4 is 10.1 Å². The van der Waals surface area contributed by atoms with Crippen molar-refractivity contribution < 1.29 is 4.74 Å². The smallest absolute Gasteiger partial charge is 0.143 e. The first-order valence-corrected chi connectivity index (χ1v) is 9.84. The van der Waals surface area contributed by atoms with Gasteiger partial charge in [-0.3, -0.25) is 0 Å². The maximum absolute atomic E-state index is 5.56. The summed E-state index contributed by atoms with van der Waals surface area (Å²) >= 11 is 1.63. The Bertz CT molecular complexity index is 1090. The van der Waals surface area contributed by atoms with E-state index in [-0.39, 0.29) is 0 Å². The van der Waals surface area contributed by atoms with Crippen LogP contribution in [-0.2, 0) is 0 Å². The second-order valence-electron chi connectivity index (χ2n) is 6.38. The lowest BCUT2D eigenvalue weighted by Crippen LogP contribution is -1.98. The van der Waals surface area contributed by atoms with Crippen molar-refractivity contribution in [3.05, 3.63) is 65.3 Å². The fraction of sp³-hybridized carbons (Fsp3) is 0.182. The van der Waals surface area contributed by atoms with E-state index < -0.39 is 0 Å². The molecule has 4 rings (SSSR count). The lowest BCUT2D eigenvalue weighted by molar-refractivity contribution is 0.340. The van der Waals surface area contributed by atoms with Gasteiger partial charge in [0.15, 0.2) is 0 Å². The molecular weight excluding hydrogens is 354 g/mol. The van der Waals surface area contributed by atoms with Gasteiger partial charge in [0, 0.05) is 16.6 Å². The summed E-state index contributed by atoms with van der Waals surface area (Å²) in [6.07, 6.45) is 1.62. The average Bonchev–Trinajstić information content (AvgIpc) is 3.12. The van der Waals surface area contributed by atoms with Gasteiger partial charge < -0.3 is 10.1 Å². The zero-order chi connectivity index (χ0) is 18.8. The highest BCUT2D eigenvalue weighted by Crippen LogP contribution is 2.38. The van der Waals surface area contributed by atoms with E-state index in [0.717, 1.165) is 38.6 Å². The number of thiophene rings is 1. The molecule has 5 heteroatoms. The van der Waals surface area contributed by atoms with Gasteiger partial charge in [-0.05, 0) is 55.7 Å². The number of ether oxygens (including phenoxy) is 1. The molecular formula is C22H21N3OS. The molecule has 2 heterocycles. The van der Waals surface area contributed by atoms with Crippen LogP contribution in [-0.4, -0.2) is 16.6 Å². The van der Waals surface area contributed by atoms with Gasteiger partial charge in [0.05, 0.1) is 12.0 Å². The molecule has 0 aliphatic heterocycles. The van der Waals surface area contributed by atoms with Gasteiger partial charge in [0.1, 0.15) is 22.7 Å². The number of anilines is 2. The summed E-state index contributed by atoms with van der Waals surface area (Å²) in [6.45, 7) is 6.89. The van der Waals surface area contributed by atoms with Crippen molar-refractivity contribution in [2.24, 2.45) is 0 Å². The van der Waals surface area contributed by atoms with E-state index in [1.165, 1.54) is 11.1 Å². The van der Waals surface area contributed by atoms with E-state index in [2.05, 4.69) is 64.8 Å². The van der Waals surface area contributed by atoms with Crippen molar-refractivity contribution in [2.45, 2.75) is 20.8 Å². The number of hydrogen-bond acceptors (Lipinski definition) is 5. The van der Waals surface area contributed by atoms with Crippen LogP contribution >= 0.6 is 11.3 Å². The molecule has 0 unspecified atom stereocenters. The second-order valence-corrected chi connectivity index (χ2v) is 7.24. The largest absolute Gasteiger partial charge is 0.494 e. The second kappa shape index (κ2) is 7.37. The molecule has 4 nitrogen and oxygen atoms in total. The Hall–Kier alpha value is -2.92. The minimum absolute atomic E-state index is 0.665. The quantitative estimate of drug-likeness (QED) is 0.457. The van der Waals surface area contributed by atoms with Crippen molar-refractivity contribution >= 4 is 33.1 Å². The summed E-state index contributed by atoms with van der Waals surface area (Å²) < 4.78 is 5.56. The first-order valence-electron chi connectivity index (χ1n) is 8.96. The standard InChI is InChI=1S/C22H21N3OS/c1-4-26-17-10-8-16(9-11-17)18-12-27-22-20(18)21(23-13-24-22)25-19-7-5-6-14(2)15(19)3/h5-13H,4H2,1-3H3,(H,23,24,25). The van der Waals surface area contributed by atoms with Gasteiger partial charge in [-0.2, -0.15) is 0 Å². The van der Waals surface area contributed by atoms with Crippen LogP contribution in [0.25, 0.3) is 21.3 Å². The third-order valence-corrected chi connectivity index (χ3v) is 5.59. The SMILES string of the molecule is CCOc1ccc(-c2csc3ncnc(Nc4cccc(C)c4C)c23)cc1. The number of nitrogens with one attached hydrogen (secondary N) is 1. The summed E-state index contributed by atoms with van der Waals surface area (Å²) in [5, 5.41) is 6.71. The highest BCUT2D eigenvalue weighted by Gasteiger charge is 2.14. The molecule has 0 radical (unpaired) electrons. The minimum Gasteiger partial charge on any atom is -0.494 e. The summed E-state index contributed by atoms with van der Waals surface area (Å²) in [5.74, 6) is 1.71. The lowest BCUT2D eigenvalue weighted by Gasteiger charge is -2.12. The van der Waals surface area contributed by atoms with Crippen LogP contribution in [0.2, 0.25) is 0 Å². The zero-order valence-corrected chi connectivity index (χ0v) is 16.4. The van der Waals surface area contributed by atoms with E-state index in [9.17, 15) is 0 Å². The molecule has 0 aliphatic carbocycles. The number of rotatable bonds is 5. The first kappa shape index (κ1) is 17.5. The lowest BCUT2D eigenvalue weighted by atomic mass is 10.1. The predicted molar refractivity (Wildman–Crippen MR) is 113 cm³/mol. The number of fused-ring (bicyclic) bond motifs is 1. The molecule has 0 bridgehead atoms. The van der Waals surface area contributed by atoms with E-state index in [4.69, 9.17) is 4.74 Å². The molecule has 27 heavy (non-hydrogen) atoms. The van der Waals surface area contributed by atoms with Crippen molar-refractivity contribution in [2.75, 3.05) is 11.9 Å². The summed E-state index contributed by atoms with van der Waals surface area (Å²) in [6, 6.07) is 14.4. The van der Waals surface area contributed by atoms with Crippen LogP contribution in [0.15, 0.2) is 54.2 Å². The highest BCUT2D eigenvalue weighted by molar-refractivity contribution is 7.17. The number of nitrogens with zero attached hydrogens (tertiary/aromatic N) is 2. The fourth-order valence-electron chi connectivity index (χ4n) is 3.09. The van der Waals surface area contributed by atoms with E-state index in [0.29, 0.717) is 6.61 Å². The van der Waals surface area contributed by atoms with E-state index >= 15 is 0 Å². The van der Waals surface area contributed by atoms with Crippen LogP contribution in [0.5, 0.6) is 5.75 Å². The Labute approximate surface area is 162 Å². The van der Waals surface area contributed by atoms with Gasteiger partial charge in [-0.1, -0.05) is 24.3 Å². The number of benzene rings is 2. The van der Waals surface area contributed by atoms with Crippen LogP contribution in [0.3, 0.4) is 0 Å². The average molecular weight is 375 g/mol. The summed E-state index contributed by atoms with van der Waals surface area (Å²) in [4.78, 5) is 9.97. The molecule has 0 amide bonds. The molecule has 0 aliphatic rings. The molecule has 2 aromatic heterocycles. The molecule has 4 aromatic rings. The van der Waals surface area contributed by atoms with Crippen molar-refractivity contribution in [1.29, 1.82) is 0 Å². The minimum atomic E-state index is 0.665. The predicted octanol–water partition coefficient (Wildman–Crippen LogP) is 6.12. The molecule has 2 aromatic carbocycles. The Balaban J connectivity index is 1.78. The topological polar surface area (TPSA) is 47.0 Å². The first-order chi connectivity index (χ1) is 13.2. The van der Waals surface area contributed by atoms with E-state index in [1.807, 2.05) is 19.1 Å². The number of aryl methyl sites for hydroxylation is 1. The maximum Gasteiger partial charge on any atom is 0.143 e. The maximum atomic E-state index is 5.56. The van der Waals surface area contributed by atoms with Crippen molar-refractivity contribution in [3.63, 3.8) is 0 Å². The molecule has 0 saturated heterocycles. The van der Waals surface area contributed by atoms with Crippen molar-refractivity contribution in [1.82, 2.24) is 9.97 Å². The Morgan fingerprint density at radius 3 is 2.63 bits per heavy atom. The Morgan fingerprint density at radius 2 is 1.85 bits per heavy atom. The van der Waals surface area contributed by atoms with Gasteiger partial charge in [-0.15, -0.1) is 11.3 Å². The molecule has 0 fully saturated rings. The third kappa shape index (κ3) is 3.38. The molecule has 0 spiro atoms. The summed E-state index contributed by atoms with van der Waals surface area (Å²) in [7, 11) is 0. The fourth-order valence-corrected chi connectivity index (χ4v) is 4.01. The Morgan fingerprint density at radius 1 is 1.04 bits per heavy atom. The molecule has 1 N–H and O–H groups in total. The Kier molecular flexibility index (Phi) is 4.77. The van der Waals surface area contributed by atoms with Crippen LogP contribution in [0, 0.1) is 13.8 Å². The van der Waals surface area contributed by atoms with E-state index in [1.54, 1.807) is 17.7 Å². The van der Waals surface area contributed by atoms with Gasteiger partial charge in [-0.25, -0.2) is 9.97 Å².